The molecule has 8 nitrogen and oxygen atoms in total. The Balaban J connectivity index is 1.41. The molecule has 3 aromatic rings. The zero-order valence-corrected chi connectivity index (χ0v) is 20.3. The molecule has 182 valence electrons. The van der Waals surface area contributed by atoms with Crippen LogP contribution < -0.4 is 10.6 Å². The van der Waals surface area contributed by atoms with Crippen molar-refractivity contribution in [2.24, 2.45) is 0 Å². The highest BCUT2D eigenvalue weighted by Crippen LogP contribution is 2.32. The highest BCUT2D eigenvalue weighted by Gasteiger charge is 2.18. The van der Waals surface area contributed by atoms with Gasteiger partial charge < -0.3 is 25.4 Å². The molecule has 0 amide bonds. The van der Waals surface area contributed by atoms with E-state index in [4.69, 9.17) is 10.5 Å². The number of aromatic hydroxyl groups is 1. The SMILES string of the molecule is CC(C)(C)OC(=O)/C=C/N1CCN(c2ccc(-c3cc(-c4ccccc4O)nnc3N)cc2)CC1. The second kappa shape index (κ2) is 10.0. The van der Waals surface area contributed by atoms with Gasteiger partial charge in [-0.1, -0.05) is 24.3 Å². The fraction of sp³-hybridized carbons (Fsp3) is 0.296. The molecule has 0 atom stereocenters. The predicted molar refractivity (Wildman–Crippen MR) is 138 cm³/mol. The highest BCUT2D eigenvalue weighted by molar-refractivity contribution is 5.82. The number of esters is 1. The van der Waals surface area contributed by atoms with Crippen molar-refractivity contribution >= 4 is 17.5 Å². The van der Waals surface area contributed by atoms with E-state index in [1.807, 2.05) is 51.2 Å². The van der Waals surface area contributed by atoms with Gasteiger partial charge in [0.25, 0.3) is 0 Å². The number of carbonyl (C=O) groups is 1. The minimum Gasteiger partial charge on any atom is -0.507 e. The first-order valence-corrected chi connectivity index (χ1v) is 11.6. The minimum atomic E-state index is -0.492. The summed E-state index contributed by atoms with van der Waals surface area (Å²) in [5, 5.41) is 18.4. The summed E-state index contributed by atoms with van der Waals surface area (Å²) < 4.78 is 5.32. The molecule has 2 heterocycles. The Labute approximate surface area is 205 Å². The van der Waals surface area contributed by atoms with Gasteiger partial charge in [-0.05, 0) is 56.7 Å². The van der Waals surface area contributed by atoms with Crippen molar-refractivity contribution < 1.29 is 14.6 Å². The molecule has 8 heteroatoms. The monoisotopic (exact) mass is 473 g/mol. The molecule has 0 saturated carbocycles. The normalized spacial score (nSPS) is 14.4. The van der Waals surface area contributed by atoms with Crippen LogP contribution in [0.15, 0.2) is 66.9 Å². The lowest BCUT2D eigenvalue weighted by Gasteiger charge is -2.35. The van der Waals surface area contributed by atoms with Gasteiger partial charge in [0.15, 0.2) is 5.82 Å². The Kier molecular flexibility index (Phi) is 6.91. The van der Waals surface area contributed by atoms with E-state index in [2.05, 4.69) is 32.1 Å². The standard InChI is InChI=1S/C27H31N5O3/c1-27(2,3)35-25(34)12-13-31-14-16-32(17-15-31)20-10-8-19(9-11-20)22-18-23(29-30-26(22)28)21-6-4-5-7-24(21)33/h4-13,18,33H,14-17H2,1-3H3,(H2,28,30)/b13-12+. The topological polar surface area (TPSA) is 105 Å². The number of hydrogen-bond donors (Lipinski definition) is 2. The van der Waals surface area contributed by atoms with Crippen LogP contribution in [0.25, 0.3) is 22.4 Å². The van der Waals surface area contributed by atoms with Crippen molar-refractivity contribution in [1.29, 1.82) is 0 Å². The fourth-order valence-corrected chi connectivity index (χ4v) is 3.94. The molecular formula is C27H31N5O3. The number of phenolic OH excluding ortho intramolecular Hbond substituents is 1. The predicted octanol–water partition coefficient (Wildman–Crippen LogP) is 4.08. The Bertz CT molecular complexity index is 1210. The number of para-hydroxylation sites is 1. The number of benzene rings is 2. The maximum absolute atomic E-state index is 11.9. The fourth-order valence-electron chi connectivity index (χ4n) is 3.94. The molecule has 1 aliphatic heterocycles. The largest absolute Gasteiger partial charge is 0.507 e. The number of nitrogens with two attached hydrogens (primary N) is 1. The molecule has 1 aliphatic rings. The summed E-state index contributed by atoms with van der Waals surface area (Å²) >= 11 is 0. The van der Waals surface area contributed by atoms with Gasteiger partial charge in [-0.2, -0.15) is 0 Å². The van der Waals surface area contributed by atoms with Crippen LogP contribution in [0.3, 0.4) is 0 Å². The molecule has 0 aliphatic carbocycles. The van der Waals surface area contributed by atoms with Gasteiger partial charge >= 0.3 is 5.97 Å². The summed E-state index contributed by atoms with van der Waals surface area (Å²) in [5.41, 5.74) is 9.61. The zero-order chi connectivity index (χ0) is 25.0. The summed E-state index contributed by atoms with van der Waals surface area (Å²) in [6, 6.07) is 17.1. The van der Waals surface area contributed by atoms with E-state index in [9.17, 15) is 9.90 Å². The van der Waals surface area contributed by atoms with E-state index in [0.717, 1.165) is 43.0 Å². The Hall–Kier alpha value is -4.07. The number of hydrogen-bond acceptors (Lipinski definition) is 8. The number of nitrogens with zero attached hydrogens (tertiary/aromatic N) is 4. The molecule has 1 saturated heterocycles. The van der Waals surface area contributed by atoms with Crippen molar-refractivity contribution in [3.8, 4) is 28.1 Å². The first-order chi connectivity index (χ1) is 16.7. The molecule has 0 spiro atoms. The second-order valence-electron chi connectivity index (χ2n) is 9.46. The summed E-state index contributed by atoms with van der Waals surface area (Å²) in [6.45, 7) is 8.88. The number of rotatable bonds is 5. The Morgan fingerprint density at radius 1 is 1.00 bits per heavy atom. The number of phenols is 1. The number of aromatic nitrogens is 2. The van der Waals surface area contributed by atoms with Crippen LogP contribution in [0.1, 0.15) is 20.8 Å². The van der Waals surface area contributed by atoms with Crippen LogP contribution in [0.2, 0.25) is 0 Å². The van der Waals surface area contributed by atoms with Crippen molar-refractivity contribution in [3.05, 3.63) is 66.9 Å². The van der Waals surface area contributed by atoms with Gasteiger partial charge in [-0.25, -0.2) is 4.79 Å². The first kappa shape index (κ1) is 24.1. The summed E-state index contributed by atoms with van der Waals surface area (Å²) in [4.78, 5) is 16.3. The highest BCUT2D eigenvalue weighted by atomic mass is 16.6. The van der Waals surface area contributed by atoms with Crippen LogP contribution >= 0.6 is 0 Å². The molecule has 0 unspecified atom stereocenters. The summed E-state index contributed by atoms with van der Waals surface area (Å²) in [7, 11) is 0. The van der Waals surface area contributed by atoms with Gasteiger partial charge in [0.1, 0.15) is 11.4 Å². The van der Waals surface area contributed by atoms with Gasteiger partial charge in [0.2, 0.25) is 0 Å². The van der Waals surface area contributed by atoms with Crippen LogP contribution in [0.4, 0.5) is 11.5 Å². The maximum atomic E-state index is 11.9. The Morgan fingerprint density at radius 3 is 2.34 bits per heavy atom. The number of nitrogen functional groups attached to an aromatic ring is 1. The van der Waals surface area contributed by atoms with Crippen LogP contribution in [0, 0.1) is 0 Å². The van der Waals surface area contributed by atoms with E-state index in [0.29, 0.717) is 17.1 Å². The van der Waals surface area contributed by atoms with E-state index in [-0.39, 0.29) is 11.7 Å². The number of ether oxygens (including phenoxy) is 1. The average Bonchev–Trinajstić information content (AvgIpc) is 2.83. The number of carbonyl (C=O) groups excluding carboxylic acids is 1. The average molecular weight is 474 g/mol. The lowest BCUT2D eigenvalue weighted by atomic mass is 10.0. The third-order valence-corrected chi connectivity index (χ3v) is 5.69. The third-order valence-electron chi connectivity index (χ3n) is 5.69. The number of piperazine rings is 1. The lowest BCUT2D eigenvalue weighted by Crippen LogP contribution is -2.44. The van der Waals surface area contributed by atoms with Crippen molar-refractivity contribution in [1.82, 2.24) is 15.1 Å². The first-order valence-electron chi connectivity index (χ1n) is 11.6. The molecule has 35 heavy (non-hydrogen) atoms. The molecular weight excluding hydrogens is 442 g/mol. The van der Waals surface area contributed by atoms with E-state index < -0.39 is 5.60 Å². The summed E-state index contributed by atoms with van der Waals surface area (Å²) in [5.74, 6) is 0.154. The van der Waals surface area contributed by atoms with E-state index in [1.165, 1.54) is 6.08 Å². The molecule has 3 N–H and O–H groups in total. The molecule has 2 aromatic carbocycles. The smallest absolute Gasteiger partial charge is 0.332 e. The molecule has 0 radical (unpaired) electrons. The summed E-state index contributed by atoms with van der Waals surface area (Å²) in [6.07, 6.45) is 3.31. The molecule has 1 fully saturated rings. The van der Waals surface area contributed by atoms with Crippen molar-refractivity contribution in [2.45, 2.75) is 26.4 Å². The third kappa shape index (κ3) is 6.09. The quantitative estimate of drug-likeness (QED) is 0.422. The van der Waals surface area contributed by atoms with Crippen molar-refractivity contribution in [3.63, 3.8) is 0 Å². The van der Waals surface area contributed by atoms with E-state index in [1.54, 1.807) is 18.2 Å². The van der Waals surface area contributed by atoms with Gasteiger partial charge in [0, 0.05) is 55.3 Å². The van der Waals surface area contributed by atoms with Crippen LogP contribution in [-0.2, 0) is 9.53 Å². The van der Waals surface area contributed by atoms with Gasteiger partial charge in [-0.15, -0.1) is 10.2 Å². The van der Waals surface area contributed by atoms with Crippen molar-refractivity contribution in [2.75, 3.05) is 36.8 Å². The molecule has 0 bridgehead atoms. The number of anilines is 2. The zero-order valence-electron chi connectivity index (χ0n) is 20.3. The molecule has 4 rings (SSSR count). The van der Waals surface area contributed by atoms with Crippen LogP contribution in [-0.4, -0.2) is 58.0 Å². The second-order valence-corrected chi connectivity index (χ2v) is 9.46. The minimum absolute atomic E-state index is 0.146. The lowest BCUT2D eigenvalue weighted by molar-refractivity contribution is -0.148. The molecule has 1 aromatic heterocycles. The van der Waals surface area contributed by atoms with E-state index >= 15 is 0 Å². The van der Waals surface area contributed by atoms with Gasteiger partial charge in [-0.3, -0.25) is 0 Å². The van der Waals surface area contributed by atoms with Gasteiger partial charge in [0.05, 0.1) is 5.69 Å². The van der Waals surface area contributed by atoms with Crippen LogP contribution in [0.5, 0.6) is 5.75 Å². The maximum Gasteiger partial charge on any atom is 0.332 e. The Morgan fingerprint density at radius 2 is 1.69 bits per heavy atom.